The molecule has 0 saturated carbocycles. The van der Waals surface area contributed by atoms with Gasteiger partial charge in [-0.15, -0.1) is 0 Å². The van der Waals surface area contributed by atoms with Gasteiger partial charge in [0.15, 0.2) is 0 Å². The summed E-state index contributed by atoms with van der Waals surface area (Å²) in [7, 11) is 0. The molecule has 2 heterocycles. The Bertz CT molecular complexity index is 292. The van der Waals surface area contributed by atoms with Crippen LogP contribution in [0.25, 0.3) is 0 Å². The van der Waals surface area contributed by atoms with Crippen LogP contribution in [0.15, 0.2) is 36.8 Å². The Balaban J connectivity index is 1.96. The van der Waals surface area contributed by atoms with Crippen molar-refractivity contribution >= 4 is 0 Å². The first-order valence-corrected chi connectivity index (χ1v) is 4.66. The van der Waals surface area contributed by atoms with Crippen LogP contribution in [0, 0.1) is 5.92 Å². The highest BCUT2D eigenvalue weighted by Gasteiger charge is 2.10. The van der Waals surface area contributed by atoms with Gasteiger partial charge in [-0.25, -0.2) is 0 Å². The Morgan fingerprint density at radius 3 is 2.85 bits per heavy atom. The zero-order valence-electron chi connectivity index (χ0n) is 7.85. The maximum Gasteiger partial charge on any atom is 0.0425 e. The van der Waals surface area contributed by atoms with E-state index in [0.717, 1.165) is 13.1 Å². The Morgan fingerprint density at radius 1 is 1.46 bits per heavy atom. The van der Waals surface area contributed by atoms with Crippen LogP contribution in [0.1, 0.15) is 12.5 Å². The molecule has 0 N–H and O–H groups in total. The minimum atomic E-state index is 0.696. The van der Waals surface area contributed by atoms with E-state index in [1.165, 1.54) is 5.56 Å². The standard InChI is InChI=1S/C11H14N2/c1-10-4-7-13(8-10)9-11-2-5-12-6-3-11/h2-7,10H,8-9H2,1H3. The SMILES string of the molecule is CC1C=CN(Cc2ccncc2)C1. The molecule has 0 aliphatic carbocycles. The molecule has 0 aromatic carbocycles. The van der Waals surface area contributed by atoms with E-state index in [1.807, 2.05) is 12.4 Å². The van der Waals surface area contributed by atoms with Gasteiger partial charge in [0.25, 0.3) is 0 Å². The molecule has 0 bridgehead atoms. The highest BCUT2D eigenvalue weighted by molar-refractivity contribution is 5.11. The van der Waals surface area contributed by atoms with E-state index in [9.17, 15) is 0 Å². The van der Waals surface area contributed by atoms with Crippen molar-refractivity contribution in [1.82, 2.24) is 9.88 Å². The molecule has 0 saturated heterocycles. The summed E-state index contributed by atoms with van der Waals surface area (Å²) in [5, 5.41) is 0. The second-order valence-electron chi connectivity index (χ2n) is 3.60. The molecule has 0 fully saturated rings. The summed E-state index contributed by atoms with van der Waals surface area (Å²) in [5.41, 5.74) is 1.33. The third-order valence-electron chi connectivity index (χ3n) is 2.28. The van der Waals surface area contributed by atoms with Gasteiger partial charge in [0, 0.05) is 25.5 Å². The molecule has 1 aliphatic heterocycles. The van der Waals surface area contributed by atoms with Gasteiger partial charge < -0.3 is 4.90 Å². The number of rotatable bonds is 2. The van der Waals surface area contributed by atoms with Gasteiger partial charge >= 0.3 is 0 Å². The van der Waals surface area contributed by atoms with Crippen molar-refractivity contribution in [3.8, 4) is 0 Å². The van der Waals surface area contributed by atoms with E-state index in [0.29, 0.717) is 5.92 Å². The fourth-order valence-corrected chi connectivity index (χ4v) is 1.60. The fourth-order valence-electron chi connectivity index (χ4n) is 1.60. The summed E-state index contributed by atoms with van der Waals surface area (Å²) in [6, 6.07) is 4.13. The lowest BCUT2D eigenvalue weighted by atomic mass is 10.2. The zero-order chi connectivity index (χ0) is 9.10. The van der Waals surface area contributed by atoms with E-state index >= 15 is 0 Å². The van der Waals surface area contributed by atoms with Gasteiger partial charge in [0.05, 0.1) is 0 Å². The van der Waals surface area contributed by atoms with Crippen molar-refractivity contribution in [2.75, 3.05) is 6.54 Å². The Morgan fingerprint density at radius 2 is 2.23 bits per heavy atom. The summed E-state index contributed by atoms with van der Waals surface area (Å²) in [4.78, 5) is 6.33. The minimum Gasteiger partial charge on any atom is -0.373 e. The molecule has 1 aromatic rings. The van der Waals surface area contributed by atoms with E-state index in [2.05, 4.69) is 41.2 Å². The van der Waals surface area contributed by atoms with Crippen molar-refractivity contribution in [2.45, 2.75) is 13.5 Å². The van der Waals surface area contributed by atoms with Gasteiger partial charge in [0.2, 0.25) is 0 Å². The van der Waals surface area contributed by atoms with Crippen LogP contribution in [-0.4, -0.2) is 16.4 Å². The molecular formula is C11H14N2. The maximum atomic E-state index is 4.00. The van der Waals surface area contributed by atoms with Gasteiger partial charge in [0.1, 0.15) is 0 Å². The first-order valence-electron chi connectivity index (χ1n) is 4.66. The minimum absolute atomic E-state index is 0.696. The van der Waals surface area contributed by atoms with Crippen molar-refractivity contribution in [1.29, 1.82) is 0 Å². The molecule has 1 aliphatic rings. The Hall–Kier alpha value is -1.31. The molecule has 1 unspecified atom stereocenters. The Kier molecular flexibility index (Phi) is 2.30. The third kappa shape index (κ3) is 2.08. The topological polar surface area (TPSA) is 16.1 Å². The predicted octanol–water partition coefficient (Wildman–Crippen LogP) is 2.05. The average molecular weight is 174 g/mol. The highest BCUT2D eigenvalue weighted by Crippen LogP contribution is 2.14. The lowest BCUT2D eigenvalue weighted by Crippen LogP contribution is -2.16. The first-order chi connectivity index (χ1) is 6.34. The van der Waals surface area contributed by atoms with Crippen LogP contribution in [0.3, 0.4) is 0 Å². The van der Waals surface area contributed by atoms with Crippen LogP contribution in [-0.2, 0) is 6.54 Å². The van der Waals surface area contributed by atoms with Crippen LogP contribution < -0.4 is 0 Å². The summed E-state index contributed by atoms with van der Waals surface area (Å²) in [6.45, 7) is 4.38. The average Bonchev–Trinajstić information content (AvgIpc) is 2.53. The van der Waals surface area contributed by atoms with E-state index in [-0.39, 0.29) is 0 Å². The van der Waals surface area contributed by atoms with E-state index in [1.54, 1.807) is 0 Å². The normalized spacial score (nSPS) is 21.0. The van der Waals surface area contributed by atoms with Crippen molar-refractivity contribution in [3.63, 3.8) is 0 Å². The molecule has 2 heteroatoms. The van der Waals surface area contributed by atoms with Gasteiger partial charge in [-0.3, -0.25) is 4.98 Å². The van der Waals surface area contributed by atoms with Crippen LogP contribution in [0.2, 0.25) is 0 Å². The first kappa shape index (κ1) is 8.30. The lowest BCUT2D eigenvalue weighted by Gasteiger charge is -2.16. The third-order valence-corrected chi connectivity index (χ3v) is 2.28. The van der Waals surface area contributed by atoms with E-state index < -0.39 is 0 Å². The molecule has 1 aromatic heterocycles. The van der Waals surface area contributed by atoms with Crippen LogP contribution in [0.4, 0.5) is 0 Å². The largest absolute Gasteiger partial charge is 0.373 e. The summed E-state index contributed by atoms with van der Waals surface area (Å²) in [5.74, 6) is 0.696. The van der Waals surface area contributed by atoms with Crippen molar-refractivity contribution in [3.05, 3.63) is 42.4 Å². The highest BCUT2D eigenvalue weighted by atomic mass is 15.1. The summed E-state index contributed by atoms with van der Waals surface area (Å²) in [6.07, 6.45) is 8.13. The predicted molar refractivity (Wildman–Crippen MR) is 53.0 cm³/mol. The molecule has 0 spiro atoms. The monoisotopic (exact) mass is 174 g/mol. The smallest absolute Gasteiger partial charge is 0.0425 e. The molecule has 13 heavy (non-hydrogen) atoms. The number of hydrogen-bond acceptors (Lipinski definition) is 2. The molecule has 2 rings (SSSR count). The zero-order valence-corrected chi connectivity index (χ0v) is 7.85. The maximum absolute atomic E-state index is 4.00. The van der Waals surface area contributed by atoms with E-state index in [4.69, 9.17) is 0 Å². The molecular weight excluding hydrogens is 160 g/mol. The van der Waals surface area contributed by atoms with Crippen molar-refractivity contribution in [2.24, 2.45) is 5.92 Å². The second kappa shape index (κ2) is 3.60. The quantitative estimate of drug-likeness (QED) is 0.682. The Labute approximate surface area is 78.9 Å². The summed E-state index contributed by atoms with van der Waals surface area (Å²) >= 11 is 0. The molecule has 68 valence electrons. The fraction of sp³-hybridized carbons (Fsp3) is 0.364. The number of hydrogen-bond donors (Lipinski definition) is 0. The molecule has 0 radical (unpaired) electrons. The van der Waals surface area contributed by atoms with Gasteiger partial charge in [-0.2, -0.15) is 0 Å². The van der Waals surface area contributed by atoms with Crippen molar-refractivity contribution < 1.29 is 0 Å². The van der Waals surface area contributed by atoms with Gasteiger partial charge in [-0.1, -0.05) is 13.0 Å². The number of nitrogens with zero attached hydrogens (tertiary/aromatic N) is 2. The van der Waals surface area contributed by atoms with Gasteiger partial charge in [-0.05, 0) is 29.8 Å². The summed E-state index contributed by atoms with van der Waals surface area (Å²) < 4.78 is 0. The van der Waals surface area contributed by atoms with Crippen LogP contribution in [0.5, 0.6) is 0 Å². The molecule has 1 atom stereocenters. The lowest BCUT2D eigenvalue weighted by molar-refractivity contribution is 0.370. The number of aromatic nitrogens is 1. The van der Waals surface area contributed by atoms with Crippen LogP contribution >= 0.6 is 0 Å². The molecule has 2 nitrogen and oxygen atoms in total. The second-order valence-corrected chi connectivity index (χ2v) is 3.60. The number of pyridine rings is 1. The molecule has 0 amide bonds.